The second-order valence-electron chi connectivity index (χ2n) is 3.51. The summed E-state index contributed by atoms with van der Waals surface area (Å²) in [5, 5.41) is 0. The van der Waals surface area contributed by atoms with Gasteiger partial charge in [0, 0.05) is 9.61 Å². The lowest BCUT2D eigenvalue weighted by Gasteiger charge is -2.08. The first-order valence-electron chi connectivity index (χ1n) is 4.61. The van der Waals surface area contributed by atoms with Gasteiger partial charge in [0.2, 0.25) is 0 Å². The summed E-state index contributed by atoms with van der Waals surface area (Å²) in [5.74, 6) is 0. The van der Waals surface area contributed by atoms with E-state index in [9.17, 15) is 8.42 Å². The molecule has 2 N–H and O–H groups in total. The summed E-state index contributed by atoms with van der Waals surface area (Å²) >= 11 is 2.14. The zero-order valence-corrected chi connectivity index (χ0v) is 10.9. The van der Waals surface area contributed by atoms with Crippen molar-refractivity contribution < 1.29 is 8.42 Å². The summed E-state index contributed by atoms with van der Waals surface area (Å²) in [4.78, 5) is 0. The molecule has 15 heavy (non-hydrogen) atoms. The fraction of sp³-hybridized carbons (Fsp3) is 0.333. The van der Waals surface area contributed by atoms with E-state index in [-0.39, 0.29) is 6.04 Å². The molecule has 1 saturated carbocycles. The van der Waals surface area contributed by atoms with Crippen LogP contribution in [0.3, 0.4) is 0 Å². The van der Waals surface area contributed by atoms with E-state index >= 15 is 0 Å². The molecule has 82 valence electrons. The van der Waals surface area contributed by atoms with Gasteiger partial charge in [-0.25, -0.2) is 0 Å². The number of anilines is 1. The Morgan fingerprint density at radius 1 is 1.33 bits per heavy atom. The fourth-order valence-corrected chi connectivity index (χ4v) is 2.87. The van der Waals surface area contributed by atoms with Crippen molar-refractivity contribution in [3.05, 3.63) is 27.8 Å². The second kappa shape index (κ2) is 4.26. The summed E-state index contributed by atoms with van der Waals surface area (Å²) in [5.41, 5.74) is 0.593. The Morgan fingerprint density at radius 3 is 2.67 bits per heavy atom. The maximum absolute atomic E-state index is 11.5. The first kappa shape index (κ1) is 11.2. The van der Waals surface area contributed by atoms with Crippen LogP contribution in [-0.4, -0.2) is 14.5 Å². The van der Waals surface area contributed by atoms with E-state index in [4.69, 9.17) is 0 Å². The largest absolute Gasteiger partial charge is 0.299 e. The highest BCUT2D eigenvalue weighted by Gasteiger charge is 2.26. The number of halogens is 1. The summed E-state index contributed by atoms with van der Waals surface area (Å²) in [6.07, 6.45) is 1.88. The van der Waals surface area contributed by atoms with Crippen LogP contribution in [0.2, 0.25) is 0 Å². The van der Waals surface area contributed by atoms with Gasteiger partial charge in [0.1, 0.15) is 0 Å². The van der Waals surface area contributed by atoms with E-state index in [0.29, 0.717) is 5.69 Å². The number of rotatable bonds is 4. The Hall–Kier alpha value is -0.340. The number of nitrogens with one attached hydrogen (secondary N) is 2. The third kappa shape index (κ3) is 3.62. The summed E-state index contributed by atoms with van der Waals surface area (Å²) in [6.45, 7) is 0. The van der Waals surface area contributed by atoms with Crippen molar-refractivity contribution in [1.29, 1.82) is 0 Å². The Kier molecular flexibility index (Phi) is 3.17. The summed E-state index contributed by atoms with van der Waals surface area (Å²) < 4.78 is 29.1. The molecule has 0 saturated heterocycles. The molecular weight excluding hydrogens is 327 g/mol. The Labute approximate surface area is 103 Å². The number of benzene rings is 1. The van der Waals surface area contributed by atoms with Crippen molar-refractivity contribution in [2.24, 2.45) is 0 Å². The number of hydrogen-bond acceptors (Lipinski definition) is 2. The van der Waals surface area contributed by atoms with Gasteiger partial charge in [-0.2, -0.15) is 13.1 Å². The van der Waals surface area contributed by atoms with Gasteiger partial charge in [-0.3, -0.25) is 4.72 Å². The minimum atomic E-state index is -3.39. The van der Waals surface area contributed by atoms with Crippen molar-refractivity contribution in [3.63, 3.8) is 0 Å². The molecule has 1 aromatic carbocycles. The van der Waals surface area contributed by atoms with E-state index < -0.39 is 10.2 Å². The van der Waals surface area contributed by atoms with Crippen LogP contribution in [-0.2, 0) is 10.2 Å². The molecule has 0 atom stereocenters. The molecule has 0 unspecified atom stereocenters. The molecule has 0 bridgehead atoms. The lowest BCUT2D eigenvalue weighted by Crippen LogP contribution is -2.31. The monoisotopic (exact) mass is 338 g/mol. The van der Waals surface area contributed by atoms with Gasteiger partial charge in [0.25, 0.3) is 10.2 Å². The van der Waals surface area contributed by atoms with Crippen LogP contribution in [0.1, 0.15) is 12.8 Å². The van der Waals surface area contributed by atoms with E-state index in [2.05, 4.69) is 32.0 Å². The average Bonchev–Trinajstić information content (AvgIpc) is 2.86. The fourth-order valence-electron chi connectivity index (χ4n) is 1.16. The minimum Gasteiger partial charge on any atom is -0.271 e. The van der Waals surface area contributed by atoms with Gasteiger partial charge in [0.15, 0.2) is 0 Å². The number of hydrogen-bond donors (Lipinski definition) is 2. The first-order chi connectivity index (χ1) is 7.05. The molecule has 6 heteroatoms. The van der Waals surface area contributed by atoms with Crippen molar-refractivity contribution in [2.75, 3.05) is 4.72 Å². The van der Waals surface area contributed by atoms with Crippen LogP contribution in [0, 0.1) is 3.57 Å². The third-order valence-corrected chi connectivity index (χ3v) is 3.80. The predicted octanol–water partition coefficient (Wildman–Crippen LogP) is 1.70. The zero-order valence-electron chi connectivity index (χ0n) is 7.90. The van der Waals surface area contributed by atoms with Crippen LogP contribution in [0.4, 0.5) is 5.69 Å². The van der Waals surface area contributed by atoms with E-state index in [1.165, 1.54) is 0 Å². The lowest BCUT2D eigenvalue weighted by molar-refractivity contribution is 0.586. The van der Waals surface area contributed by atoms with Crippen LogP contribution in [0.15, 0.2) is 24.3 Å². The molecule has 1 aliphatic carbocycles. The molecule has 1 fully saturated rings. The summed E-state index contributed by atoms with van der Waals surface area (Å²) in [7, 11) is -3.39. The molecule has 0 aromatic heterocycles. The van der Waals surface area contributed by atoms with Crippen LogP contribution in [0.5, 0.6) is 0 Å². The Balaban J connectivity index is 2.06. The molecular formula is C9H11IN2O2S. The molecule has 1 aromatic rings. The highest BCUT2D eigenvalue weighted by molar-refractivity contribution is 14.1. The molecule has 0 heterocycles. The highest BCUT2D eigenvalue weighted by atomic mass is 127. The maximum Gasteiger partial charge on any atom is 0.299 e. The smallest absolute Gasteiger partial charge is 0.271 e. The molecule has 0 aliphatic heterocycles. The van der Waals surface area contributed by atoms with Gasteiger partial charge in [0.05, 0.1) is 5.69 Å². The minimum absolute atomic E-state index is 0.130. The Bertz CT molecular complexity index is 457. The SMILES string of the molecule is O=S(=O)(Nc1cccc(I)c1)NC1CC1. The average molecular weight is 338 g/mol. The van der Waals surface area contributed by atoms with Gasteiger partial charge in [-0.05, 0) is 53.6 Å². The summed E-state index contributed by atoms with van der Waals surface area (Å²) in [6, 6.07) is 7.37. The van der Waals surface area contributed by atoms with Gasteiger partial charge in [-0.1, -0.05) is 6.07 Å². The van der Waals surface area contributed by atoms with E-state index in [0.717, 1.165) is 16.4 Å². The predicted molar refractivity (Wildman–Crippen MR) is 67.9 cm³/mol. The molecule has 0 spiro atoms. The van der Waals surface area contributed by atoms with Gasteiger partial charge in [-0.15, -0.1) is 0 Å². The van der Waals surface area contributed by atoms with Crippen LogP contribution in [0.25, 0.3) is 0 Å². The maximum atomic E-state index is 11.5. The quantitative estimate of drug-likeness (QED) is 0.821. The van der Waals surface area contributed by atoms with Crippen molar-refractivity contribution in [3.8, 4) is 0 Å². The highest BCUT2D eigenvalue weighted by Crippen LogP contribution is 2.20. The second-order valence-corrected chi connectivity index (χ2v) is 6.20. The van der Waals surface area contributed by atoms with E-state index in [1.807, 2.05) is 12.1 Å². The van der Waals surface area contributed by atoms with Crippen molar-refractivity contribution >= 4 is 38.5 Å². The first-order valence-corrected chi connectivity index (χ1v) is 7.17. The van der Waals surface area contributed by atoms with Crippen molar-refractivity contribution in [2.45, 2.75) is 18.9 Å². The molecule has 4 nitrogen and oxygen atoms in total. The topological polar surface area (TPSA) is 58.2 Å². The van der Waals surface area contributed by atoms with Crippen LogP contribution >= 0.6 is 22.6 Å². The standard InChI is InChI=1S/C9H11IN2O2S/c10-7-2-1-3-9(6-7)12-15(13,14)11-8-4-5-8/h1-3,6,8,11-12H,4-5H2. The Morgan fingerprint density at radius 2 is 2.07 bits per heavy atom. The van der Waals surface area contributed by atoms with Gasteiger partial charge >= 0.3 is 0 Å². The third-order valence-electron chi connectivity index (χ3n) is 1.98. The normalized spacial score (nSPS) is 16.3. The molecule has 0 amide bonds. The molecule has 1 aliphatic rings. The zero-order chi connectivity index (χ0) is 10.9. The lowest BCUT2D eigenvalue weighted by atomic mass is 10.3. The van der Waals surface area contributed by atoms with E-state index in [1.54, 1.807) is 12.1 Å². The molecule has 2 rings (SSSR count). The van der Waals surface area contributed by atoms with Crippen molar-refractivity contribution in [1.82, 2.24) is 4.72 Å². The van der Waals surface area contributed by atoms with Crippen LogP contribution < -0.4 is 9.44 Å². The van der Waals surface area contributed by atoms with Gasteiger partial charge < -0.3 is 0 Å². The molecule has 0 radical (unpaired) electrons.